The molecule has 1 aliphatic heterocycles. The molecule has 2 unspecified atom stereocenters. The van der Waals surface area contributed by atoms with E-state index in [2.05, 4.69) is 19.2 Å². The second-order valence-corrected chi connectivity index (χ2v) is 6.10. The first-order chi connectivity index (χ1) is 8.84. The molecule has 3 heteroatoms. The van der Waals surface area contributed by atoms with Crippen LogP contribution >= 0.6 is 0 Å². The van der Waals surface area contributed by atoms with Crippen LogP contribution in [0.5, 0.6) is 0 Å². The maximum atomic E-state index is 12.3. The second kappa shape index (κ2) is 4.80. The standard InChI is InChI=1S/C16H21NO2/c1-10(2)16(4)9-13(18)17-15(19)14(16)12-7-5-6-11(3)8-12/h5-8,10,14H,9H2,1-4H3,(H,17,18,19). The van der Waals surface area contributed by atoms with Gasteiger partial charge in [-0.2, -0.15) is 0 Å². The maximum Gasteiger partial charge on any atom is 0.234 e. The summed E-state index contributed by atoms with van der Waals surface area (Å²) in [5.41, 5.74) is 1.81. The lowest BCUT2D eigenvalue weighted by Gasteiger charge is -2.43. The van der Waals surface area contributed by atoms with Crippen LogP contribution in [-0.2, 0) is 9.59 Å². The van der Waals surface area contributed by atoms with Gasteiger partial charge in [0.15, 0.2) is 0 Å². The van der Waals surface area contributed by atoms with Crippen LogP contribution < -0.4 is 5.32 Å². The molecule has 0 spiro atoms. The lowest BCUT2D eigenvalue weighted by Crippen LogP contribution is -2.51. The number of benzene rings is 1. The van der Waals surface area contributed by atoms with Crippen LogP contribution in [0.1, 0.15) is 44.2 Å². The van der Waals surface area contributed by atoms with Gasteiger partial charge in [0.2, 0.25) is 11.8 Å². The van der Waals surface area contributed by atoms with Crippen LogP contribution in [0.25, 0.3) is 0 Å². The summed E-state index contributed by atoms with van der Waals surface area (Å²) >= 11 is 0. The number of rotatable bonds is 2. The topological polar surface area (TPSA) is 46.2 Å². The van der Waals surface area contributed by atoms with Gasteiger partial charge >= 0.3 is 0 Å². The van der Waals surface area contributed by atoms with Gasteiger partial charge in [-0.25, -0.2) is 0 Å². The number of hydrogen-bond donors (Lipinski definition) is 1. The van der Waals surface area contributed by atoms with Crippen molar-refractivity contribution in [3.63, 3.8) is 0 Å². The van der Waals surface area contributed by atoms with Crippen LogP contribution in [-0.4, -0.2) is 11.8 Å². The summed E-state index contributed by atoms with van der Waals surface area (Å²) in [4.78, 5) is 24.0. The second-order valence-electron chi connectivity index (χ2n) is 6.10. The van der Waals surface area contributed by atoms with Crippen molar-refractivity contribution in [3.05, 3.63) is 35.4 Å². The molecule has 1 heterocycles. The van der Waals surface area contributed by atoms with Crippen LogP contribution in [0, 0.1) is 18.3 Å². The molecule has 3 nitrogen and oxygen atoms in total. The minimum atomic E-state index is -0.326. The van der Waals surface area contributed by atoms with Crippen LogP contribution in [0.2, 0.25) is 0 Å². The molecule has 1 aromatic rings. The van der Waals surface area contributed by atoms with E-state index in [1.54, 1.807) is 0 Å². The van der Waals surface area contributed by atoms with E-state index >= 15 is 0 Å². The number of amides is 2. The number of piperidine rings is 1. The molecular formula is C16H21NO2. The molecule has 0 radical (unpaired) electrons. The SMILES string of the molecule is Cc1cccc(C2C(=O)NC(=O)CC2(C)C(C)C)c1. The number of hydrogen-bond acceptors (Lipinski definition) is 2. The Hall–Kier alpha value is -1.64. The molecular weight excluding hydrogens is 238 g/mol. The van der Waals surface area contributed by atoms with E-state index in [0.29, 0.717) is 6.42 Å². The molecule has 2 amide bonds. The summed E-state index contributed by atoms with van der Waals surface area (Å²) in [6.07, 6.45) is 0.398. The Balaban J connectivity index is 2.50. The van der Waals surface area contributed by atoms with Gasteiger partial charge in [-0.15, -0.1) is 0 Å². The van der Waals surface area contributed by atoms with Crippen LogP contribution in [0.4, 0.5) is 0 Å². The quantitative estimate of drug-likeness (QED) is 0.830. The zero-order chi connectivity index (χ0) is 14.2. The van der Waals surface area contributed by atoms with Gasteiger partial charge in [-0.3, -0.25) is 14.9 Å². The molecule has 1 fully saturated rings. The van der Waals surface area contributed by atoms with Crippen molar-refractivity contribution in [2.75, 3.05) is 0 Å². The smallest absolute Gasteiger partial charge is 0.234 e. The summed E-state index contributed by atoms with van der Waals surface area (Å²) < 4.78 is 0. The van der Waals surface area contributed by atoms with E-state index in [1.165, 1.54) is 0 Å². The predicted molar refractivity (Wildman–Crippen MR) is 74.6 cm³/mol. The monoisotopic (exact) mass is 259 g/mol. The van der Waals surface area contributed by atoms with Gasteiger partial charge in [0.25, 0.3) is 0 Å². The van der Waals surface area contributed by atoms with Crippen LogP contribution in [0.3, 0.4) is 0 Å². The summed E-state index contributed by atoms with van der Waals surface area (Å²) in [7, 11) is 0. The lowest BCUT2D eigenvalue weighted by atomic mass is 9.62. The first-order valence-corrected chi connectivity index (χ1v) is 6.75. The van der Waals surface area contributed by atoms with Gasteiger partial charge in [0.1, 0.15) is 0 Å². The van der Waals surface area contributed by atoms with Crippen molar-refractivity contribution in [2.45, 2.75) is 40.0 Å². The fourth-order valence-corrected chi connectivity index (χ4v) is 2.92. The third-order valence-corrected chi connectivity index (χ3v) is 4.42. The average Bonchev–Trinajstić information content (AvgIpc) is 2.27. The molecule has 1 N–H and O–H groups in total. The molecule has 1 aliphatic rings. The highest BCUT2D eigenvalue weighted by Gasteiger charge is 2.47. The van der Waals surface area contributed by atoms with Gasteiger partial charge < -0.3 is 0 Å². The molecule has 2 atom stereocenters. The van der Waals surface area contributed by atoms with Crippen molar-refractivity contribution in [2.24, 2.45) is 11.3 Å². The summed E-state index contributed by atoms with van der Waals surface area (Å²) in [5.74, 6) is -0.332. The average molecular weight is 259 g/mol. The normalized spacial score (nSPS) is 27.5. The Labute approximate surface area is 114 Å². The highest BCUT2D eigenvalue weighted by Crippen LogP contribution is 2.47. The fourth-order valence-electron chi connectivity index (χ4n) is 2.92. The minimum absolute atomic E-state index is 0.162. The van der Waals surface area contributed by atoms with Crippen molar-refractivity contribution in [3.8, 4) is 0 Å². The van der Waals surface area contributed by atoms with Gasteiger partial charge in [-0.05, 0) is 23.8 Å². The summed E-state index contributed by atoms with van der Waals surface area (Å²) in [6.45, 7) is 8.22. The van der Waals surface area contributed by atoms with Gasteiger partial charge in [-0.1, -0.05) is 50.6 Å². The number of carbonyl (C=O) groups is 2. The van der Waals surface area contributed by atoms with E-state index < -0.39 is 0 Å². The van der Waals surface area contributed by atoms with E-state index in [0.717, 1.165) is 11.1 Å². The molecule has 1 saturated heterocycles. The zero-order valence-corrected chi connectivity index (χ0v) is 12.0. The molecule has 1 aromatic carbocycles. The van der Waals surface area contributed by atoms with Gasteiger partial charge in [0.05, 0.1) is 5.92 Å². The van der Waals surface area contributed by atoms with Crippen molar-refractivity contribution < 1.29 is 9.59 Å². The Morgan fingerprint density at radius 1 is 1.32 bits per heavy atom. The molecule has 19 heavy (non-hydrogen) atoms. The van der Waals surface area contributed by atoms with Crippen molar-refractivity contribution in [1.29, 1.82) is 0 Å². The highest BCUT2D eigenvalue weighted by atomic mass is 16.2. The summed E-state index contributed by atoms with van der Waals surface area (Å²) in [5, 5.41) is 2.48. The number of imide groups is 1. The molecule has 0 aromatic heterocycles. The fraction of sp³-hybridized carbons (Fsp3) is 0.500. The van der Waals surface area contributed by atoms with Gasteiger partial charge in [0, 0.05) is 6.42 Å². The Bertz CT molecular complexity index is 521. The third-order valence-electron chi connectivity index (χ3n) is 4.42. The minimum Gasteiger partial charge on any atom is -0.296 e. The largest absolute Gasteiger partial charge is 0.296 e. The van der Waals surface area contributed by atoms with Crippen LogP contribution in [0.15, 0.2) is 24.3 Å². The molecule has 102 valence electrons. The lowest BCUT2D eigenvalue weighted by molar-refractivity contribution is -0.141. The van der Waals surface area contributed by atoms with Crippen molar-refractivity contribution >= 4 is 11.8 Å². The third kappa shape index (κ3) is 2.42. The first-order valence-electron chi connectivity index (χ1n) is 6.75. The number of carbonyl (C=O) groups excluding carboxylic acids is 2. The Kier molecular flexibility index (Phi) is 3.48. The molecule has 0 aliphatic carbocycles. The number of nitrogens with one attached hydrogen (secondary N) is 1. The predicted octanol–water partition coefficient (Wildman–Crippen LogP) is 2.79. The number of aryl methyl sites for hydroxylation is 1. The van der Waals surface area contributed by atoms with Crippen molar-refractivity contribution in [1.82, 2.24) is 5.32 Å². The van der Waals surface area contributed by atoms with E-state index in [1.807, 2.05) is 38.1 Å². The van der Waals surface area contributed by atoms with E-state index in [-0.39, 0.29) is 29.1 Å². The first kappa shape index (κ1) is 13.8. The molecule has 0 bridgehead atoms. The van der Waals surface area contributed by atoms with E-state index in [9.17, 15) is 9.59 Å². The Morgan fingerprint density at radius 3 is 2.58 bits per heavy atom. The molecule has 2 rings (SSSR count). The summed E-state index contributed by atoms with van der Waals surface area (Å²) in [6, 6.07) is 8.01. The highest BCUT2D eigenvalue weighted by molar-refractivity contribution is 6.02. The van der Waals surface area contributed by atoms with E-state index in [4.69, 9.17) is 0 Å². The molecule has 0 saturated carbocycles. The maximum absolute atomic E-state index is 12.3. The Morgan fingerprint density at radius 2 is 2.00 bits per heavy atom. The zero-order valence-electron chi connectivity index (χ0n) is 12.0.